The Balaban J connectivity index is 2.28. The minimum atomic E-state index is -0.110. The lowest BCUT2D eigenvalue weighted by Crippen LogP contribution is -2.15. The highest BCUT2D eigenvalue weighted by atomic mass is 32.2. The van der Waals surface area contributed by atoms with Gasteiger partial charge in [0, 0.05) is 11.8 Å². The number of benzene rings is 1. The van der Waals surface area contributed by atoms with Crippen LogP contribution in [0.3, 0.4) is 0 Å². The molecular weight excluding hydrogens is 197 g/mol. The standard InChI is InChI=1S/C11H16FNS/c1-9(13)6-7-14-8-10-4-2-3-5-11(10)12/h2-5,9H,6-8,13H2,1H3. The molecular formula is C11H16FNS. The van der Waals surface area contributed by atoms with E-state index < -0.39 is 0 Å². The highest BCUT2D eigenvalue weighted by Gasteiger charge is 2.00. The van der Waals surface area contributed by atoms with E-state index >= 15 is 0 Å². The zero-order valence-electron chi connectivity index (χ0n) is 8.37. The number of thioether (sulfide) groups is 1. The van der Waals surface area contributed by atoms with Gasteiger partial charge >= 0.3 is 0 Å². The Bertz CT molecular complexity index is 276. The monoisotopic (exact) mass is 213 g/mol. The van der Waals surface area contributed by atoms with Gasteiger partial charge in [-0.15, -0.1) is 0 Å². The zero-order valence-corrected chi connectivity index (χ0v) is 9.19. The van der Waals surface area contributed by atoms with Crippen molar-refractivity contribution < 1.29 is 4.39 Å². The summed E-state index contributed by atoms with van der Waals surface area (Å²) < 4.78 is 13.1. The molecule has 0 heterocycles. The summed E-state index contributed by atoms with van der Waals surface area (Å²) >= 11 is 1.73. The maximum absolute atomic E-state index is 13.1. The van der Waals surface area contributed by atoms with E-state index in [0.717, 1.165) is 23.5 Å². The molecule has 0 aromatic heterocycles. The number of rotatable bonds is 5. The van der Waals surface area contributed by atoms with Crippen molar-refractivity contribution in [3.05, 3.63) is 35.6 Å². The molecule has 14 heavy (non-hydrogen) atoms. The van der Waals surface area contributed by atoms with Crippen molar-refractivity contribution in [1.29, 1.82) is 0 Å². The van der Waals surface area contributed by atoms with Crippen LogP contribution in [0.1, 0.15) is 18.9 Å². The molecule has 0 saturated heterocycles. The molecule has 1 aromatic carbocycles. The second kappa shape index (κ2) is 6.04. The van der Waals surface area contributed by atoms with Gasteiger partial charge in [0.15, 0.2) is 0 Å². The molecule has 1 rings (SSSR count). The first kappa shape index (κ1) is 11.5. The van der Waals surface area contributed by atoms with Crippen LogP contribution in [0.25, 0.3) is 0 Å². The van der Waals surface area contributed by atoms with Crippen molar-refractivity contribution in [2.24, 2.45) is 5.73 Å². The summed E-state index contributed by atoms with van der Waals surface area (Å²) in [5.74, 6) is 1.62. The van der Waals surface area contributed by atoms with Crippen LogP contribution in [-0.2, 0) is 5.75 Å². The SMILES string of the molecule is CC(N)CCSCc1ccccc1F. The fraction of sp³-hybridized carbons (Fsp3) is 0.455. The molecule has 2 N–H and O–H groups in total. The third kappa shape index (κ3) is 4.11. The lowest BCUT2D eigenvalue weighted by molar-refractivity contribution is 0.617. The van der Waals surface area contributed by atoms with Gasteiger partial charge in [0.1, 0.15) is 5.82 Å². The number of nitrogens with two attached hydrogens (primary N) is 1. The summed E-state index contributed by atoms with van der Waals surface area (Å²) in [5.41, 5.74) is 6.39. The summed E-state index contributed by atoms with van der Waals surface area (Å²) in [7, 11) is 0. The summed E-state index contributed by atoms with van der Waals surface area (Å²) in [6, 6.07) is 7.15. The topological polar surface area (TPSA) is 26.0 Å². The van der Waals surface area contributed by atoms with Gasteiger partial charge in [0.2, 0.25) is 0 Å². The van der Waals surface area contributed by atoms with E-state index in [4.69, 9.17) is 5.73 Å². The molecule has 0 aliphatic rings. The second-order valence-electron chi connectivity index (χ2n) is 3.41. The van der Waals surface area contributed by atoms with Gasteiger partial charge in [-0.1, -0.05) is 18.2 Å². The second-order valence-corrected chi connectivity index (χ2v) is 4.52. The Morgan fingerprint density at radius 3 is 2.79 bits per heavy atom. The van der Waals surface area contributed by atoms with Crippen LogP contribution in [0.15, 0.2) is 24.3 Å². The first-order valence-corrected chi connectivity index (χ1v) is 5.92. The fourth-order valence-electron chi connectivity index (χ4n) is 1.07. The molecule has 0 saturated carbocycles. The molecule has 1 aromatic rings. The first-order valence-electron chi connectivity index (χ1n) is 4.77. The fourth-order valence-corrected chi connectivity index (χ4v) is 2.20. The Labute approximate surface area is 88.9 Å². The third-order valence-electron chi connectivity index (χ3n) is 1.93. The molecule has 0 aliphatic carbocycles. The van der Waals surface area contributed by atoms with Crippen molar-refractivity contribution in [1.82, 2.24) is 0 Å². The third-order valence-corrected chi connectivity index (χ3v) is 2.97. The number of halogens is 1. The van der Waals surface area contributed by atoms with E-state index in [1.54, 1.807) is 17.8 Å². The van der Waals surface area contributed by atoms with E-state index in [-0.39, 0.29) is 11.9 Å². The molecule has 1 atom stereocenters. The van der Waals surface area contributed by atoms with Crippen molar-refractivity contribution in [3.8, 4) is 0 Å². The molecule has 3 heteroatoms. The van der Waals surface area contributed by atoms with Crippen LogP contribution in [0, 0.1) is 5.82 Å². The van der Waals surface area contributed by atoms with Crippen LogP contribution in [-0.4, -0.2) is 11.8 Å². The van der Waals surface area contributed by atoms with Crippen LogP contribution >= 0.6 is 11.8 Å². The minimum Gasteiger partial charge on any atom is -0.328 e. The summed E-state index contributed by atoms with van der Waals surface area (Å²) in [6.45, 7) is 1.99. The molecule has 0 spiro atoms. The summed E-state index contributed by atoms with van der Waals surface area (Å²) in [6.07, 6.45) is 0.985. The van der Waals surface area contributed by atoms with E-state index in [0.29, 0.717) is 0 Å². The van der Waals surface area contributed by atoms with E-state index in [1.807, 2.05) is 19.1 Å². The average molecular weight is 213 g/mol. The normalized spacial score (nSPS) is 12.8. The van der Waals surface area contributed by atoms with Crippen LogP contribution in [0.5, 0.6) is 0 Å². The van der Waals surface area contributed by atoms with E-state index in [9.17, 15) is 4.39 Å². The van der Waals surface area contributed by atoms with Gasteiger partial charge < -0.3 is 5.73 Å². The van der Waals surface area contributed by atoms with Crippen LogP contribution in [0.2, 0.25) is 0 Å². The maximum Gasteiger partial charge on any atom is 0.127 e. The summed E-state index contributed by atoms with van der Waals surface area (Å²) in [4.78, 5) is 0. The highest BCUT2D eigenvalue weighted by Crippen LogP contribution is 2.16. The Hall–Kier alpha value is -0.540. The van der Waals surface area contributed by atoms with Crippen molar-refractivity contribution in [2.75, 3.05) is 5.75 Å². The molecule has 0 aliphatic heterocycles. The molecule has 0 fully saturated rings. The number of hydrogen-bond donors (Lipinski definition) is 1. The lowest BCUT2D eigenvalue weighted by Gasteiger charge is -2.05. The Morgan fingerprint density at radius 2 is 2.14 bits per heavy atom. The van der Waals surface area contributed by atoms with Gasteiger partial charge in [-0.05, 0) is 30.7 Å². The quantitative estimate of drug-likeness (QED) is 0.761. The lowest BCUT2D eigenvalue weighted by atomic mass is 10.2. The van der Waals surface area contributed by atoms with Crippen LogP contribution in [0.4, 0.5) is 4.39 Å². The van der Waals surface area contributed by atoms with Crippen molar-refractivity contribution in [2.45, 2.75) is 25.1 Å². The largest absolute Gasteiger partial charge is 0.328 e. The molecule has 0 bridgehead atoms. The molecule has 0 radical (unpaired) electrons. The van der Waals surface area contributed by atoms with Crippen molar-refractivity contribution in [3.63, 3.8) is 0 Å². The smallest absolute Gasteiger partial charge is 0.127 e. The van der Waals surface area contributed by atoms with E-state index in [2.05, 4.69) is 0 Å². The molecule has 78 valence electrons. The molecule has 1 unspecified atom stereocenters. The zero-order chi connectivity index (χ0) is 10.4. The Kier molecular flexibility index (Phi) is 4.98. The summed E-state index contributed by atoms with van der Waals surface area (Å²) in [5, 5.41) is 0. The van der Waals surface area contributed by atoms with Crippen molar-refractivity contribution >= 4 is 11.8 Å². The highest BCUT2D eigenvalue weighted by molar-refractivity contribution is 7.98. The predicted molar refractivity (Wildman–Crippen MR) is 60.8 cm³/mol. The molecule has 1 nitrogen and oxygen atoms in total. The number of hydrogen-bond acceptors (Lipinski definition) is 2. The van der Waals surface area contributed by atoms with Gasteiger partial charge in [-0.2, -0.15) is 11.8 Å². The molecule has 0 amide bonds. The van der Waals surface area contributed by atoms with Gasteiger partial charge in [0.05, 0.1) is 0 Å². The van der Waals surface area contributed by atoms with E-state index in [1.165, 1.54) is 6.07 Å². The minimum absolute atomic E-state index is 0.110. The van der Waals surface area contributed by atoms with Gasteiger partial charge in [0.25, 0.3) is 0 Å². The first-order chi connectivity index (χ1) is 6.70. The average Bonchev–Trinajstić information content (AvgIpc) is 2.15. The Morgan fingerprint density at radius 1 is 1.43 bits per heavy atom. The van der Waals surface area contributed by atoms with Crippen LogP contribution < -0.4 is 5.73 Å². The van der Waals surface area contributed by atoms with Gasteiger partial charge in [-0.3, -0.25) is 0 Å². The maximum atomic E-state index is 13.1. The predicted octanol–water partition coefficient (Wildman–Crippen LogP) is 2.80. The van der Waals surface area contributed by atoms with Gasteiger partial charge in [-0.25, -0.2) is 4.39 Å².